The first-order chi connectivity index (χ1) is 13.5. The Balaban J connectivity index is 1.89. The van der Waals surface area contributed by atoms with Crippen LogP contribution in [0.3, 0.4) is 0 Å². The van der Waals surface area contributed by atoms with E-state index in [0.29, 0.717) is 11.3 Å². The largest absolute Gasteiger partial charge is 0.321 e. The monoisotopic (exact) mass is 486 g/mol. The van der Waals surface area contributed by atoms with Gasteiger partial charge >= 0.3 is 0 Å². The van der Waals surface area contributed by atoms with Crippen molar-refractivity contribution in [2.24, 2.45) is 0 Å². The van der Waals surface area contributed by atoms with E-state index >= 15 is 0 Å². The van der Waals surface area contributed by atoms with Gasteiger partial charge in [0.1, 0.15) is 11.5 Å². The summed E-state index contributed by atoms with van der Waals surface area (Å²) in [6, 6.07) is 21.7. The number of rotatable bonds is 5. The number of nitrogens with one attached hydrogen (secondary N) is 2. The lowest BCUT2D eigenvalue weighted by Gasteiger charge is -2.12. The summed E-state index contributed by atoms with van der Waals surface area (Å²) in [5, 5.41) is 5.30. The fourth-order valence-corrected chi connectivity index (χ4v) is 2.78. The van der Waals surface area contributed by atoms with Crippen molar-refractivity contribution in [3.8, 4) is 0 Å². The van der Waals surface area contributed by atoms with Crippen LogP contribution >= 0.6 is 22.6 Å². The molecule has 0 aromatic heterocycles. The molecule has 140 valence electrons. The molecule has 2 N–H and O–H groups in total. The third-order valence-corrected chi connectivity index (χ3v) is 4.56. The Morgan fingerprint density at radius 1 is 0.857 bits per heavy atom. The second-order valence-corrected chi connectivity index (χ2v) is 7.11. The number of hydrogen-bond donors (Lipinski definition) is 2. The highest BCUT2D eigenvalue weighted by Gasteiger charge is 2.15. The average molecular weight is 486 g/mol. The van der Waals surface area contributed by atoms with Gasteiger partial charge in [-0.15, -0.1) is 0 Å². The van der Waals surface area contributed by atoms with Gasteiger partial charge in [-0.3, -0.25) is 9.59 Å². The number of hydrogen-bond acceptors (Lipinski definition) is 2. The van der Waals surface area contributed by atoms with E-state index in [0.717, 1.165) is 3.57 Å². The van der Waals surface area contributed by atoms with E-state index in [1.165, 1.54) is 18.2 Å². The van der Waals surface area contributed by atoms with Crippen LogP contribution in [0.15, 0.2) is 84.6 Å². The summed E-state index contributed by atoms with van der Waals surface area (Å²) < 4.78 is 15.1. The van der Waals surface area contributed by atoms with Gasteiger partial charge in [-0.25, -0.2) is 4.39 Å². The van der Waals surface area contributed by atoms with Crippen LogP contribution in [-0.2, 0) is 4.79 Å². The summed E-state index contributed by atoms with van der Waals surface area (Å²) in [7, 11) is 0. The summed E-state index contributed by atoms with van der Waals surface area (Å²) in [5.74, 6) is -1.49. The molecule has 0 heterocycles. The van der Waals surface area contributed by atoms with E-state index in [4.69, 9.17) is 0 Å². The van der Waals surface area contributed by atoms with Crippen molar-refractivity contribution < 1.29 is 14.0 Å². The SMILES string of the molecule is O=C(Nc1ccc(I)cc1)/C(=C/c1ccccc1F)NC(=O)c1ccccc1. The molecule has 0 fully saturated rings. The molecule has 0 aliphatic rings. The Morgan fingerprint density at radius 2 is 1.50 bits per heavy atom. The fourth-order valence-electron chi connectivity index (χ4n) is 2.42. The second-order valence-electron chi connectivity index (χ2n) is 5.86. The van der Waals surface area contributed by atoms with Crippen molar-refractivity contribution in [3.63, 3.8) is 0 Å². The number of amides is 2. The van der Waals surface area contributed by atoms with Gasteiger partial charge in [0.15, 0.2) is 0 Å². The zero-order valence-corrected chi connectivity index (χ0v) is 16.8. The highest BCUT2D eigenvalue weighted by Crippen LogP contribution is 2.15. The van der Waals surface area contributed by atoms with E-state index in [2.05, 4.69) is 33.2 Å². The molecule has 0 saturated carbocycles. The van der Waals surface area contributed by atoms with Gasteiger partial charge in [0.25, 0.3) is 11.8 Å². The van der Waals surface area contributed by atoms with Gasteiger partial charge in [-0.2, -0.15) is 0 Å². The van der Waals surface area contributed by atoms with Crippen molar-refractivity contribution in [1.82, 2.24) is 5.32 Å². The summed E-state index contributed by atoms with van der Waals surface area (Å²) in [4.78, 5) is 25.3. The van der Waals surface area contributed by atoms with Crippen molar-refractivity contribution in [2.75, 3.05) is 5.32 Å². The average Bonchev–Trinajstić information content (AvgIpc) is 2.71. The van der Waals surface area contributed by atoms with E-state index in [1.54, 1.807) is 54.6 Å². The van der Waals surface area contributed by atoms with Gasteiger partial charge in [-0.05, 0) is 71.1 Å². The quantitative estimate of drug-likeness (QED) is 0.401. The van der Waals surface area contributed by atoms with Crippen LogP contribution < -0.4 is 10.6 Å². The Morgan fingerprint density at radius 3 is 2.18 bits per heavy atom. The lowest BCUT2D eigenvalue weighted by Crippen LogP contribution is -2.30. The van der Waals surface area contributed by atoms with E-state index in [-0.39, 0.29) is 11.3 Å². The van der Waals surface area contributed by atoms with Crippen LogP contribution in [0.5, 0.6) is 0 Å². The van der Waals surface area contributed by atoms with Crippen molar-refractivity contribution in [2.45, 2.75) is 0 Å². The molecule has 4 nitrogen and oxygen atoms in total. The molecule has 0 spiro atoms. The van der Waals surface area contributed by atoms with Crippen molar-refractivity contribution in [1.29, 1.82) is 0 Å². The maximum atomic E-state index is 14.1. The Kier molecular flexibility index (Phi) is 6.54. The molecule has 3 aromatic rings. The van der Waals surface area contributed by atoms with Crippen LogP contribution in [0.4, 0.5) is 10.1 Å². The van der Waals surface area contributed by atoms with Crippen LogP contribution in [0.1, 0.15) is 15.9 Å². The lowest BCUT2D eigenvalue weighted by atomic mass is 10.1. The maximum Gasteiger partial charge on any atom is 0.272 e. The molecule has 28 heavy (non-hydrogen) atoms. The molecule has 0 aliphatic heterocycles. The van der Waals surface area contributed by atoms with E-state index < -0.39 is 17.6 Å². The number of carbonyl (C=O) groups is 2. The first-order valence-electron chi connectivity index (χ1n) is 8.42. The smallest absolute Gasteiger partial charge is 0.272 e. The molecule has 6 heteroatoms. The van der Waals surface area contributed by atoms with Crippen LogP contribution in [-0.4, -0.2) is 11.8 Å². The summed E-state index contributed by atoms with van der Waals surface area (Å²) in [5.41, 5.74) is 1.10. The second kappa shape index (κ2) is 9.27. The summed E-state index contributed by atoms with van der Waals surface area (Å²) in [6.07, 6.45) is 1.32. The fraction of sp³-hybridized carbons (Fsp3) is 0. The number of halogens is 2. The third kappa shape index (κ3) is 5.26. The first-order valence-corrected chi connectivity index (χ1v) is 9.50. The topological polar surface area (TPSA) is 58.2 Å². The van der Waals surface area contributed by atoms with Gasteiger partial charge < -0.3 is 10.6 Å². The maximum absolute atomic E-state index is 14.1. The van der Waals surface area contributed by atoms with Gasteiger partial charge in [0.2, 0.25) is 0 Å². The molecule has 0 atom stereocenters. The predicted octanol–water partition coefficient (Wildman–Crippen LogP) is 4.84. The molecule has 0 radical (unpaired) electrons. The summed E-state index contributed by atoms with van der Waals surface area (Å²) >= 11 is 2.16. The Bertz CT molecular complexity index is 1020. The molecule has 2 amide bonds. The molecule has 3 rings (SSSR count). The molecule has 0 aliphatic carbocycles. The third-order valence-electron chi connectivity index (χ3n) is 3.84. The normalized spacial score (nSPS) is 11.0. The van der Waals surface area contributed by atoms with Crippen molar-refractivity contribution in [3.05, 3.63) is 105 Å². The molecule has 3 aromatic carbocycles. The van der Waals surface area contributed by atoms with E-state index in [1.807, 2.05) is 12.1 Å². The van der Waals surface area contributed by atoms with Gasteiger partial charge in [0, 0.05) is 20.4 Å². The van der Waals surface area contributed by atoms with Crippen LogP contribution in [0, 0.1) is 9.39 Å². The molecular formula is C22H16FIN2O2. The minimum absolute atomic E-state index is 0.0579. The van der Waals surface area contributed by atoms with Gasteiger partial charge in [0.05, 0.1) is 0 Å². The highest BCUT2D eigenvalue weighted by molar-refractivity contribution is 14.1. The molecule has 0 saturated heterocycles. The molecule has 0 bridgehead atoms. The van der Waals surface area contributed by atoms with E-state index in [9.17, 15) is 14.0 Å². The lowest BCUT2D eigenvalue weighted by molar-refractivity contribution is -0.113. The minimum Gasteiger partial charge on any atom is -0.321 e. The first kappa shape index (κ1) is 19.8. The molecular weight excluding hydrogens is 470 g/mol. The Labute approximate surface area is 175 Å². The summed E-state index contributed by atoms with van der Waals surface area (Å²) in [6.45, 7) is 0. The standard InChI is InChI=1S/C22H16FIN2O2/c23-19-9-5-4-8-16(19)14-20(26-21(27)15-6-2-1-3-7-15)22(28)25-18-12-10-17(24)11-13-18/h1-14H,(H,25,28)(H,26,27)/b20-14-. The number of benzene rings is 3. The zero-order chi connectivity index (χ0) is 19.9. The van der Waals surface area contributed by atoms with Gasteiger partial charge in [-0.1, -0.05) is 36.4 Å². The molecule has 0 unspecified atom stereocenters. The van der Waals surface area contributed by atoms with Crippen LogP contribution in [0.25, 0.3) is 6.08 Å². The van der Waals surface area contributed by atoms with Crippen LogP contribution in [0.2, 0.25) is 0 Å². The minimum atomic E-state index is -0.547. The number of anilines is 1. The highest BCUT2D eigenvalue weighted by atomic mass is 127. The van der Waals surface area contributed by atoms with Crippen molar-refractivity contribution >= 4 is 46.2 Å². The number of carbonyl (C=O) groups excluding carboxylic acids is 2. The predicted molar refractivity (Wildman–Crippen MR) is 116 cm³/mol. The Hall–Kier alpha value is -3.00. The zero-order valence-electron chi connectivity index (χ0n) is 14.7.